The van der Waals surface area contributed by atoms with Crippen molar-refractivity contribution >= 4 is 33.8 Å². The summed E-state index contributed by atoms with van der Waals surface area (Å²) in [6, 6.07) is 21.0. The molecule has 0 aliphatic heterocycles. The van der Waals surface area contributed by atoms with E-state index >= 15 is 0 Å². The fourth-order valence-corrected chi connectivity index (χ4v) is 3.83. The third kappa shape index (κ3) is 3.41. The van der Waals surface area contributed by atoms with Crippen LogP contribution in [0.25, 0.3) is 21.5 Å². The number of thiophene rings is 1. The lowest BCUT2D eigenvalue weighted by molar-refractivity contribution is 0.102. The van der Waals surface area contributed by atoms with Crippen LogP contribution in [0, 0.1) is 6.92 Å². The number of anilines is 1. The maximum absolute atomic E-state index is 13.1. The van der Waals surface area contributed by atoms with Gasteiger partial charge < -0.3 is 10.1 Å². The predicted octanol–water partition coefficient (Wildman–Crippen LogP) is 5.53. The molecule has 2 heterocycles. The minimum absolute atomic E-state index is 0.187. The minimum Gasteiger partial charge on any atom is -0.495 e. The van der Waals surface area contributed by atoms with Gasteiger partial charge in [0, 0.05) is 10.3 Å². The number of pyridine rings is 1. The summed E-state index contributed by atoms with van der Waals surface area (Å²) < 4.78 is 5.34. The first-order chi connectivity index (χ1) is 13.2. The van der Waals surface area contributed by atoms with E-state index in [1.807, 2.05) is 60.7 Å². The molecular weight excluding hydrogens is 356 g/mol. The Labute approximate surface area is 161 Å². The molecule has 0 atom stereocenters. The van der Waals surface area contributed by atoms with E-state index in [9.17, 15) is 4.79 Å². The number of amides is 1. The number of rotatable bonds is 4. The monoisotopic (exact) mass is 374 g/mol. The van der Waals surface area contributed by atoms with Crippen LogP contribution in [0.2, 0.25) is 0 Å². The molecule has 0 bridgehead atoms. The average molecular weight is 374 g/mol. The summed E-state index contributed by atoms with van der Waals surface area (Å²) in [5, 5.41) is 3.79. The summed E-state index contributed by atoms with van der Waals surface area (Å²) in [6.45, 7) is 2.06. The van der Waals surface area contributed by atoms with Crippen LogP contribution in [-0.2, 0) is 0 Å². The molecule has 0 radical (unpaired) electrons. The van der Waals surface area contributed by atoms with Gasteiger partial charge in [-0.05, 0) is 43.3 Å². The minimum atomic E-state index is -0.187. The van der Waals surface area contributed by atoms with Gasteiger partial charge in [-0.2, -0.15) is 0 Å². The van der Waals surface area contributed by atoms with Gasteiger partial charge in [-0.15, -0.1) is 11.3 Å². The quantitative estimate of drug-likeness (QED) is 0.511. The number of fused-ring (bicyclic) bond motifs is 1. The van der Waals surface area contributed by atoms with Crippen molar-refractivity contribution in [3.05, 3.63) is 77.2 Å². The number of aryl methyl sites for hydroxylation is 1. The number of nitrogens with one attached hydrogen (secondary N) is 1. The maximum Gasteiger partial charge on any atom is 0.256 e. The van der Waals surface area contributed by atoms with E-state index in [-0.39, 0.29) is 5.91 Å². The average Bonchev–Trinajstić information content (AvgIpc) is 3.14. The zero-order valence-corrected chi connectivity index (χ0v) is 15.8. The molecule has 0 aliphatic rings. The SMILES string of the molecule is COc1ccccc1NC(=O)c1cc(-c2ccc(C)s2)nc2ccccc12. The number of hydrogen-bond acceptors (Lipinski definition) is 4. The van der Waals surface area contributed by atoms with Crippen molar-refractivity contribution < 1.29 is 9.53 Å². The van der Waals surface area contributed by atoms with Crippen molar-refractivity contribution in [3.63, 3.8) is 0 Å². The van der Waals surface area contributed by atoms with Crippen LogP contribution in [0.4, 0.5) is 5.69 Å². The molecule has 4 rings (SSSR count). The van der Waals surface area contributed by atoms with Gasteiger partial charge in [-0.25, -0.2) is 4.98 Å². The molecule has 1 N–H and O–H groups in total. The molecule has 5 heteroatoms. The second kappa shape index (κ2) is 7.21. The topological polar surface area (TPSA) is 51.2 Å². The Morgan fingerprint density at radius 3 is 2.59 bits per heavy atom. The highest BCUT2D eigenvalue weighted by Crippen LogP contribution is 2.31. The number of benzene rings is 2. The highest BCUT2D eigenvalue weighted by Gasteiger charge is 2.16. The van der Waals surface area contributed by atoms with Gasteiger partial charge in [-0.1, -0.05) is 30.3 Å². The smallest absolute Gasteiger partial charge is 0.256 e. The van der Waals surface area contributed by atoms with E-state index in [1.165, 1.54) is 4.88 Å². The number of aromatic nitrogens is 1. The van der Waals surface area contributed by atoms with Crippen molar-refractivity contribution in [2.24, 2.45) is 0 Å². The molecule has 134 valence electrons. The van der Waals surface area contributed by atoms with Gasteiger partial charge >= 0.3 is 0 Å². The molecule has 0 unspecified atom stereocenters. The number of ether oxygens (including phenoxy) is 1. The molecule has 4 aromatic rings. The zero-order valence-electron chi connectivity index (χ0n) is 15.0. The molecule has 2 aromatic carbocycles. The molecule has 1 amide bonds. The standard InChI is InChI=1S/C22H18N2O2S/c1-14-11-12-21(27-14)19-13-16(15-7-3-4-8-17(15)23-19)22(25)24-18-9-5-6-10-20(18)26-2/h3-13H,1-2H3,(H,24,25). The van der Waals surface area contributed by atoms with Crippen LogP contribution in [0.3, 0.4) is 0 Å². The van der Waals surface area contributed by atoms with E-state index < -0.39 is 0 Å². The lowest BCUT2D eigenvalue weighted by Crippen LogP contribution is -2.13. The lowest BCUT2D eigenvalue weighted by atomic mass is 10.1. The molecule has 0 fully saturated rings. The number of methoxy groups -OCH3 is 1. The lowest BCUT2D eigenvalue weighted by Gasteiger charge is -2.12. The molecular formula is C22H18N2O2S. The second-order valence-corrected chi connectivity index (χ2v) is 7.42. The van der Waals surface area contributed by atoms with E-state index in [4.69, 9.17) is 9.72 Å². The van der Waals surface area contributed by atoms with Crippen molar-refractivity contribution in [1.29, 1.82) is 0 Å². The number of carbonyl (C=O) groups excluding carboxylic acids is 1. The van der Waals surface area contributed by atoms with Crippen molar-refractivity contribution in [2.75, 3.05) is 12.4 Å². The van der Waals surface area contributed by atoms with Gasteiger partial charge in [-0.3, -0.25) is 4.79 Å². The van der Waals surface area contributed by atoms with E-state index in [0.29, 0.717) is 17.0 Å². The largest absolute Gasteiger partial charge is 0.495 e. The molecule has 4 nitrogen and oxygen atoms in total. The normalized spacial score (nSPS) is 10.7. The molecule has 27 heavy (non-hydrogen) atoms. The van der Waals surface area contributed by atoms with Crippen molar-refractivity contribution in [3.8, 4) is 16.3 Å². The molecule has 0 aliphatic carbocycles. The Bertz CT molecular complexity index is 1130. The second-order valence-electron chi connectivity index (χ2n) is 6.14. The first-order valence-corrected chi connectivity index (χ1v) is 9.38. The van der Waals surface area contributed by atoms with Gasteiger partial charge in [0.05, 0.1) is 34.4 Å². The number of carbonyl (C=O) groups is 1. The number of para-hydroxylation sites is 3. The van der Waals surface area contributed by atoms with Gasteiger partial charge in [0.2, 0.25) is 0 Å². The third-order valence-electron chi connectivity index (χ3n) is 4.31. The van der Waals surface area contributed by atoms with Crippen molar-refractivity contribution in [2.45, 2.75) is 6.92 Å². The Morgan fingerprint density at radius 1 is 1.04 bits per heavy atom. The summed E-state index contributed by atoms with van der Waals surface area (Å²) in [6.07, 6.45) is 0. The molecule has 0 saturated heterocycles. The van der Waals surface area contributed by atoms with Crippen LogP contribution >= 0.6 is 11.3 Å². The summed E-state index contributed by atoms with van der Waals surface area (Å²) in [4.78, 5) is 20.1. The van der Waals surface area contributed by atoms with Gasteiger partial charge in [0.25, 0.3) is 5.91 Å². The summed E-state index contributed by atoms with van der Waals surface area (Å²) >= 11 is 1.67. The Hall–Kier alpha value is -3.18. The number of nitrogens with zero attached hydrogens (tertiary/aromatic N) is 1. The van der Waals surface area contributed by atoms with Crippen LogP contribution in [0.15, 0.2) is 66.7 Å². The Kier molecular flexibility index (Phi) is 4.60. The van der Waals surface area contributed by atoms with Gasteiger partial charge in [0.15, 0.2) is 0 Å². The Morgan fingerprint density at radius 2 is 1.81 bits per heavy atom. The zero-order chi connectivity index (χ0) is 18.8. The number of hydrogen-bond donors (Lipinski definition) is 1. The van der Waals surface area contributed by atoms with E-state index in [1.54, 1.807) is 18.4 Å². The predicted molar refractivity (Wildman–Crippen MR) is 111 cm³/mol. The summed E-state index contributed by atoms with van der Waals surface area (Å²) in [5.41, 5.74) is 2.83. The Balaban J connectivity index is 1.81. The van der Waals surface area contributed by atoms with Crippen LogP contribution < -0.4 is 10.1 Å². The van der Waals surface area contributed by atoms with Crippen LogP contribution in [0.1, 0.15) is 15.2 Å². The van der Waals surface area contributed by atoms with E-state index in [0.717, 1.165) is 21.5 Å². The molecule has 0 saturated carbocycles. The first kappa shape index (κ1) is 17.2. The highest BCUT2D eigenvalue weighted by atomic mass is 32.1. The third-order valence-corrected chi connectivity index (χ3v) is 5.33. The van der Waals surface area contributed by atoms with Crippen LogP contribution in [-0.4, -0.2) is 18.0 Å². The molecule has 0 spiro atoms. The first-order valence-electron chi connectivity index (χ1n) is 8.56. The highest BCUT2D eigenvalue weighted by molar-refractivity contribution is 7.15. The summed E-state index contributed by atoms with van der Waals surface area (Å²) in [7, 11) is 1.59. The fraction of sp³-hybridized carbons (Fsp3) is 0.0909. The molecule has 2 aromatic heterocycles. The maximum atomic E-state index is 13.1. The fourth-order valence-electron chi connectivity index (χ4n) is 3.00. The summed E-state index contributed by atoms with van der Waals surface area (Å²) in [5.74, 6) is 0.436. The van der Waals surface area contributed by atoms with Crippen LogP contribution in [0.5, 0.6) is 5.75 Å². The van der Waals surface area contributed by atoms with E-state index in [2.05, 4.69) is 18.3 Å². The van der Waals surface area contributed by atoms with Gasteiger partial charge in [0.1, 0.15) is 5.75 Å². The van der Waals surface area contributed by atoms with Crippen molar-refractivity contribution in [1.82, 2.24) is 4.98 Å².